The van der Waals surface area contributed by atoms with E-state index < -0.39 is 10.7 Å². The van der Waals surface area contributed by atoms with Crippen molar-refractivity contribution in [2.75, 3.05) is 12.4 Å². The molecule has 1 atom stereocenters. The number of ether oxygens (including phenoxy) is 1. The second-order valence-electron chi connectivity index (χ2n) is 5.40. The number of anilines is 1. The molecule has 2 aromatic rings. The van der Waals surface area contributed by atoms with Crippen molar-refractivity contribution in [1.29, 1.82) is 0 Å². The molecule has 0 bridgehead atoms. The van der Waals surface area contributed by atoms with Gasteiger partial charge in [0.05, 0.1) is 24.6 Å². The first-order valence-electron chi connectivity index (χ1n) is 7.16. The molecule has 0 aliphatic carbocycles. The van der Waals surface area contributed by atoms with Gasteiger partial charge < -0.3 is 10.1 Å². The van der Waals surface area contributed by atoms with E-state index in [-0.39, 0.29) is 23.2 Å². The molecule has 1 aliphatic rings. The summed E-state index contributed by atoms with van der Waals surface area (Å²) < 4.78 is 20.4. The summed E-state index contributed by atoms with van der Waals surface area (Å²) in [6, 6.07) is 2.13. The van der Waals surface area contributed by atoms with Crippen molar-refractivity contribution in [1.82, 2.24) is 14.8 Å². The van der Waals surface area contributed by atoms with E-state index in [1.165, 1.54) is 13.2 Å². The van der Waals surface area contributed by atoms with Gasteiger partial charge in [-0.15, -0.1) is 0 Å². The predicted molar refractivity (Wildman–Crippen MR) is 80.1 cm³/mol. The number of benzene rings is 1. The highest BCUT2D eigenvalue weighted by molar-refractivity contribution is 5.65. The van der Waals surface area contributed by atoms with E-state index in [0.29, 0.717) is 12.4 Å². The van der Waals surface area contributed by atoms with E-state index in [0.717, 1.165) is 24.7 Å². The summed E-state index contributed by atoms with van der Waals surface area (Å²) in [6.07, 6.45) is 1.49. The second kappa shape index (κ2) is 5.82. The van der Waals surface area contributed by atoms with Gasteiger partial charge in [-0.2, -0.15) is 5.10 Å². The third-order valence-electron chi connectivity index (χ3n) is 3.79. The number of aromatic nitrogens is 3. The number of aryl methyl sites for hydroxylation is 2. The molecule has 2 heterocycles. The molecule has 1 aromatic carbocycles. The Labute approximate surface area is 131 Å². The molecule has 122 valence electrons. The van der Waals surface area contributed by atoms with Crippen molar-refractivity contribution in [3.05, 3.63) is 39.7 Å². The van der Waals surface area contributed by atoms with E-state index >= 15 is 0 Å². The maximum absolute atomic E-state index is 13.7. The molecule has 3 rings (SSSR count). The molecule has 1 aliphatic heterocycles. The summed E-state index contributed by atoms with van der Waals surface area (Å²) in [7, 11) is 1.32. The molecular formula is C14H16FN5O3. The quantitative estimate of drug-likeness (QED) is 0.684. The van der Waals surface area contributed by atoms with Gasteiger partial charge in [-0.3, -0.25) is 10.1 Å². The Hall–Kier alpha value is -2.71. The third-order valence-corrected chi connectivity index (χ3v) is 3.79. The lowest BCUT2D eigenvalue weighted by atomic mass is 10.1. The maximum Gasteiger partial charge on any atom is 0.295 e. The fourth-order valence-electron chi connectivity index (χ4n) is 2.74. The average molecular weight is 321 g/mol. The summed E-state index contributed by atoms with van der Waals surface area (Å²) in [5, 5.41) is 18.5. The number of hydrogen-bond donors (Lipinski definition) is 1. The number of halogens is 1. The zero-order chi connectivity index (χ0) is 16.6. The lowest BCUT2D eigenvalue weighted by molar-refractivity contribution is -0.384. The van der Waals surface area contributed by atoms with Crippen molar-refractivity contribution in [2.24, 2.45) is 0 Å². The topological polar surface area (TPSA) is 95.1 Å². The second-order valence-corrected chi connectivity index (χ2v) is 5.40. The van der Waals surface area contributed by atoms with Crippen molar-refractivity contribution < 1.29 is 14.1 Å². The number of nitro benzene ring substituents is 1. The first kappa shape index (κ1) is 15.2. The summed E-state index contributed by atoms with van der Waals surface area (Å²) in [6.45, 7) is 2.37. The fraction of sp³-hybridized carbons (Fsp3) is 0.429. The van der Waals surface area contributed by atoms with Crippen molar-refractivity contribution >= 4 is 11.4 Å². The van der Waals surface area contributed by atoms with Gasteiger partial charge in [-0.1, -0.05) is 0 Å². The Bertz CT molecular complexity index is 761. The van der Waals surface area contributed by atoms with Gasteiger partial charge in [0.15, 0.2) is 11.6 Å². The van der Waals surface area contributed by atoms with Crippen LogP contribution in [0.25, 0.3) is 0 Å². The van der Waals surface area contributed by atoms with Crippen LogP contribution in [0.3, 0.4) is 0 Å². The first-order chi connectivity index (χ1) is 11.0. The van der Waals surface area contributed by atoms with Crippen LogP contribution < -0.4 is 10.1 Å². The number of rotatable bonds is 4. The third kappa shape index (κ3) is 2.94. The minimum Gasteiger partial charge on any atom is -0.494 e. The molecule has 9 heteroatoms. The Morgan fingerprint density at radius 3 is 3.00 bits per heavy atom. The van der Waals surface area contributed by atoms with Crippen LogP contribution in [0, 0.1) is 22.9 Å². The Morgan fingerprint density at radius 2 is 2.30 bits per heavy atom. The van der Waals surface area contributed by atoms with Gasteiger partial charge in [0, 0.05) is 18.5 Å². The molecule has 0 radical (unpaired) electrons. The van der Waals surface area contributed by atoms with E-state index in [9.17, 15) is 14.5 Å². The van der Waals surface area contributed by atoms with Crippen LogP contribution in [-0.2, 0) is 13.0 Å². The molecule has 1 unspecified atom stereocenters. The summed E-state index contributed by atoms with van der Waals surface area (Å²) in [4.78, 5) is 14.9. The van der Waals surface area contributed by atoms with E-state index in [2.05, 4.69) is 15.4 Å². The lowest BCUT2D eigenvalue weighted by Crippen LogP contribution is -2.32. The van der Waals surface area contributed by atoms with Crippen LogP contribution >= 0.6 is 0 Å². The van der Waals surface area contributed by atoms with Gasteiger partial charge in [-0.05, 0) is 13.3 Å². The molecule has 1 N–H and O–H groups in total. The molecule has 0 saturated carbocycles. The number of nitrogens with one attached hydrogen (secondary N) is 1. The summed E-state index contributed by atoms with van der Waals surface area (Å²) in [5.41, 5.74) is -0.0811. The monoisotopic (exact) mass is 321 g/mol. The van der Waals surface area contributed by atoms with Gasteiger partial charge in [-0.25, -0.2) is 14.1 Å². The maximum atomic E-state index is 13.7. The van der Waals surface area contributed by atoms with Crippen LogP contribution in [0.2, 0.25) is 0 Å². The van der Waals surface area contributed by atoms with Gasteiger partial charge in [0.2, 0.25) is 0 Å². The number of hydrogen-bond acceptors (Lipinski definition) is 6. The number of nitro groups is 1. The Balaban J connectivity index is 1.86. The molecule has 1 aromatic heterocycles. The first-order valence-corrected chi connectivity index (χ1v) is 7.16. The molecule has 0 saturated heterocycles. The summed E-state index contributed by atoms with van der Waals surface area (Å²) in [5.74, 6) is 0.815. The molecule has 0 fully saturated rings. The van der Waals surface area contributed by atoms with Gasteiger partial charge in [0.25, 0.3) is 5.69 Å². The molecular weight excluding hydrogens is 305 g/mol. The molecule has 0 amide bonds. The van der Waals surface area contributed by atoms with Crippen LogP contribution in [0.4, 0.5) is 15.8 Å². The van der Waals surface area contributed by atoms with Crippen molar-refractivity contribution in [3.8, 4) is 5.75 Å². The molecule has 8 nitrogen and oxygen atoms in total. The highest BCUT2D eigenvalue weighted by Crippen LogP contribution is 2.33. The Morgan fingerprint density at radius 1 is 1.52 bits per heavy atom. The zero-order valence-electron chi connectivity index (χ0n) is 12.7. The van der Waals surface area contributed by atoms with Crippen molar-refractivity contribution in [3.63, 3.8) is 0 Å². The highest BCUT2D eigenvalue weighted by Gasteiger charge is 2.25. The SMILES string of the molecule is COc1cc(NC2CCc3nc(C)nn3C2)c([N+](=O)[O-])cc1F. The van der Waals surface area contributed by atoms with Crippen LogP contribution in [0.15, 0.2) is 12.1 Å². The minimum atomic E-state index is -0.761. The molecule has 23 heavy (non-hydrogen) atoms. The van der Waals surface area contributed by atoms with E-state index in [4.69, 9.17) is 4.74 Å². The minimum absolute atomic E-state index is 0.0359. The van der Waals surface area contributed by atoms with Gasteiger partial charge in [0.1, 0.15) is 17.3 Å². The summed E-state index contributed by atoms with van der Waals surface area (Å²) >= 11 is 0. The fourth-order valence-corrected chi connectivity index (χ4v) is 2.74. The smallest absolute Gasteiger partial charge is 0.295 e. The van der Waals surface area contributed by atoms with Crippen LogP contribution in [0.1, 0.15) is 18.1 Å². The number of nitrogens with zero attached hydrogens (tertiary/aromatic N) is 4. The van der Waals surface area contributed by atoms with Crippen LogP contribution in [0.5, 0.6) is 5.75 Å². The van der Waals surface area contributed by atoms with Crippen LogP contribution in [-0.4, -0.2) is 32.8 Å². The van der Waals surface area contributed by atoms with Gasteiger partial charge >= 0.3 is 0 Å². The largest absolute Gasteiger partial charge is 0.494 e. The average Bonchev–Trinajstić information content (AvgIpc) is 2.87. The Kier molecular flexibility index (Phi) is 3.85. The predicted octanol–water partition coefficient (Wildman–Crippen LogP) is 2.07. The zero-order valence-corrected chi connectivity index (χ0v) is 12.7. The van der Waals surface area contributed by atoms with Crippen molar-refractivity contribution in [2.45, 2.75) is 32.4 Å². The van der Waals surface area contributed by atoms with E-state index in [1.54, 1.807) is 4.68 Å². The number of fused-ring (bicyclic) bond motifs is 1. The normalized spacial score (nSPS) is 16.7. The standard InChI is InChI=1S/C14H16FN5O3/c1-8-16-14-4-3-9(7-19(14)18-8)17-11-6-13(23-2)10(15)5-12(11)20(21)22/h5-6,9,17H,3-4,7H2,1-2H3. The highest BCUT2D eigenvalue weighted by atomic mass is 19.1. The number of methoxy groups -OCH3 is 1. The molecule has 0 spiro atoms. The lowest BCUT2D eigenvalue weighted by Gasteiger charge is -2.24. The van der Waals surface area contributed by atoms with E-state index in [1.807, 2.05) is 6.92 Å².